The second-order valence-electron chi connectivity index (χ2n) is 4.40. The first-order chi connectivity index (χ1) is 7.15. The van der Waals surface area contributed by atoms with Crippen LogP contribution < -0.4 is 5.73 Å². The van der Waals surface area contributed by atoms with Crippen LogP contribution >= 0.6 is 11.3 Å². The average molecular weight is 227 g/mol. The van der Waals surface area contributed by atoms with Crippen molar-refractivity contribution in [1.82, 2.24) is 0 Å². The second kappa shape index (κ2) is 6.26. The highest BCUT2D eigenvalue weighted by molar-refractivity contribution is 7.10. The van der Waals surface area contributed by atoms with E-state index in [0.717, 1.165) is 12.8 Å². The van der Waals surface area contributed by atoms with E-state index >= 15 is 0 Å². The molecule has 0 spiro atoms. The summed E-state index contributed by atoms with van der Waals surface area (Å²) in [7, 11) is 0. The summed E-state index contributed by atoms with van der Waals surface area (Å²) in [5, 5.41) is 12.1. The monoisotopic (exact) mass is 227 g/mol. The lowest BCUT2D eigenvalue weighted by molar-refractivity contribution is 0.130. The van der Waals surface area contributed by atoms with Crippen LogP contribution in [0.4, 0.5) is 0 Å². The van der Waals surface area contributed by atoms with Gasteiger partial charge in [0.2, 0.25) is 0 Å². The first kappa shape index (κ1) is 12.7. The molecule has 0 aromatic carbocycles. The fourth-order valence-corrected chi connectivity index (χ4v) is 2.57. The number of hydrogen-bond acceptors (Lipinski definition) is 3. The zero-order valence-corrected chi connectivity index (χ0v) is 10.3. The molecular formula is C12H21NOS. The Balaban J connectivity index is 2.51. The van der Waals surface area contributed by atoms with Gasteiger partial charge < -0.3 is 10.8 Å². The molecule has 3 N–H and O–H groups in total. The summed E-state index contributed by atoms with van der Waals surface area (Å²) in [6.45, 7) is 4.88. The molecule has 0 fully saturated rings. The molecular weight excluding hydrogens is 206 g/mol. The second-order valence-corrected chi connectivity index (χ2v) is 5.38. The van der Waals surface area contributed by atoms with E-state index in [-0.39, 0.29) is 12.0 Å². The van der Waals surface area contributed by atoms with E-state index in [2.05, 4.69) is 19.9 Å². The number of rotatable bonds is 6. The van der Waals surface area contributed by atoms with Crippen molar-refractivity contribution in [2.24, 2.45) is 11.7 Å². The molecule has 0 aliphatic heterocycles. The Hall–Kier alpha value is -0.380. The van der Waals surface area contributed by atoms with E-state index in [1.165, 1.54) is 4.88 Å². The Kier molecular flexibility index (Phi) is 5.29. The molecule has 1 heterocycles. The zero-order chi connectivity index (χ0) is 11.3. The van der Waals surface area contributed by atoms with Crippen molar-refractivity contribution in [1.29, 1.82) is 0 Å². The molecule has 0 amide bonds. The van der Waals surface area contributed by atoms with E-state index in [4.69, 9.17) is 5.73 Å². The molecule has 0 saturated carbocycles. The molecule has 2 atom stereocenters. The van der Waals surface area contributed by atoms with Gasteiger partial charge >= 0.3 is 0 Å². The molecule has 15 heavy (non-hydrogen) atoms. The first-order valence-electron chi connectivity index (χ1n) is 5.56. The normalized spacial score (nSPS) is 15.5. The van der Waals surface area contributed by atoms with Crippen LogP contribution in [0.25, 0.3) is 0 Å². The van der Waals surface area contributed by atoms with Gasteiger partial charge in [0.15, 0.2) is 0 Å². The van der Waals surface area contributed by atoms with Crippen molar-refractivity contribution in [3.63, 3.8) is 0 Å². The van der Waals surface area contributed by atoms with Crippen LogP contribution in [-0.4, -0.2) is 17.8 Å². The van der Waals surface area contributed by atoms with Crippen molar-refractivity contribution in [2.75, 3.05) is 6.54 Å². The van der Waals surface area contributed by atoms with Crippen LogP contribution in [0.5, 0.6) is 0 Å². The number of hydrogen-bond donors (Lipinski definition) is 2. The molecule has 0 radical (unpaired) electrons. The summed E-state index contributed by atoms with van der Waals surface area (Å²) in [4.78, 5) is 1.20. The molecule has 1 aromatic rings. The lowest BCUT2D eigenvalue weighted by Gasteiger charge is -2.21. The Morgan fingerprint density at radius 2 is 2.13 bits per heavy atom. The fourth-order valence-electron chi connectivity index (χ4n) is 1.67. The minimum atomic E-state index is -0.295. The van der Waals surface area contributed by atoms with Crippen LogP contribution in [0.1, 0.15) is 37.5 Å². The summed E-state index contributed by atoms with van der Waals surface area (Å²) in [5.41, 5.74) is 5.72. The van der Waals surface area contributed by atoms with Gasteiger partial charge in [0.1, 0.15) is 0 Å². The molecule has 1 aromatic heterocycles. The van der Waals surface area contributed by atoms with Gasteiger partial charge in [-0.25, -0.2) is 0 Å². The summed E-state index contributed by atoms with van der Waals surface area (Å²) in [6, 6.07) is 4.07. The maximum absolute atomic E-state index is 10.1. The fraction of sp³-hybridized carbons (Fsp3) is 0.667. The Morgan fingerprint density at radius 3 is 2.60 bits per heavy atom. The Labute approximate surface area is 96.1 Å². The highest BCUT2D eigenvalue weighted by Crippen LogP contribution is 2.26. The topological polar surface area (TPSA) is 46.2 Å². The molecule has 0 aliphatic carbocycles. The Bertz CT molecular complexity index is 259. The molecule has 0 bridgehead atoms. The van der Waals surface area contributed by atoms with E-state index in [1.54, 1.807) is 11.3 Å². The average Bonchev–Trinajstić information content (AvgIpc) is 2.69. The minimum Gasteiger partial charge on any atom is -0.392 e. The third kappa shape index (κ3) is 3.93. The van der Waals surface area contributed by atoms with E-state index in [0.29, 0.717) is 12.5 Å². The van der Waals surface area contributed by atoms with Crippen molar-refractivity contribution in [3.05, 3.63) is 22.4 Å². The highest BCUT2D eigenvalue weighted by Gasteiger charge is 2.20. The van der Waals surface area contributed by atoms with Gasteiger partial charge in [-0.2, -0.15) is 0 Å². The maximum Gasteiger partial charge on any atom is 0.0628 e. The first-order valence-corrected chi connectivity index (χ1v) is 6.44. The molecule has 0 aliphatic rings. The van der Waals surface area contributed by atoms with Crippen LogP contribution in [-0.2, 0) is 0 Å². The zero-order valence-electron chi connectivity index (χ0n) is 9.52. The van der Waals surface area contributed by atoms with Gasteiger partial charge in [0, 0.05) is 17.3 Å². The van der Waals surface area contributed by atoms with Crippen LogP contribution in [0, 0.1) is 5.92 Å². The maximum atomic E-state index is 10.1. The van der Waals surface area contributed by atoms with Crippen molar-refractivity contribution < 1.29 is 5.11 Å². The van der Waals surface area contributed by atoms with Crippen LogP contribution in [0.3, 0.4) is 0 Å². The van der Waals surface area contributed by atoms with E-state index in [9.17, 15) is 5.11 Å². The predicted molar refractivity (Wildman–Crippen MR) is 66.2 cm³/mol. The van der Waals surface area contributed by atoms with Gasteiger partial charge in [0.05, 0.1) is 6.10 Å². The summed E-state index contributed by atoms with van der Waals surface area (Å²) >= 11 is 1.68. The molecule has 86 valence electrons. The number of aliphatic hydroxyl groups is 1. The minimum absolute atomic E-state index is 0.115. The lowest BCUT2D eigenvalue weighted by atomic mass is 9.94. The SMILES string of the molecule is CC(C)CCC(O)C(CN)c1cccs1. The Morgan fingerprint density at radius 1 is 1.40 bits per heavy atom. The van der Waals surface area contributed by atoms with E-state index < -0.39 is 0 Å². The van der Waals surface area contributed by atoms with Gasteiger partial charge in [-0.3, -0.25) is 0 Å². The molecule has 0 saturated heterocycles. The van der Waals surface area contributed by atoms with E-state index in [1.807, 2.05) is 11.4 Å². The quantitative estimate of drug-likeness (QED) is 0.784. The third-order valence-corrected chi connectivity index (χ3v) is 3.67. The highest BCUT2D eigenvalue weighted by atomic mass is 32.1. The van der Waals surface area contributed by atoms with Gasteiger partial charge in [-0.15, -0.1) is 11.3 Å². The van der Waals surface area contributed by atoms with Crippen molar-refractivity contribution in [2.45, 2.75) is 38.7 Å². The number of aliphatic hydroxyl groups excluding tert-OH is 1. The van der Waals surface area contributed by atoms with Gasteiger partial charge in [0.25, 0.3) is 0 Å². The largest absolute Gasteiger partial charge is 0.392 e. The van der Waals surface area contributed by atoms with Crippen LogP contribution in [0.15, 0.2) is 17.5 Å². The number of thiophene rings is 1. The van der Waals surface area contributed by atoms with Crippen molar-refractivity contribution in [3.8, 4) is 0 Å². The smallest absolute Gasteiger partial charge is 0.0628 e. The molecule has 2 unspecified atom stereocenters. The third-order valence-electron chi connectivity index (χ3n) is 2.67. The lowest BCUT2D eigenvalue weighted by Crippen LogP contribution is -2.25. The van der Waals surface area contributed by atoms with Gasteiger partial charge in [-0.05, 0) is 30.2 Å². The standard InChI is InChI=1S/C12H21NOS/c1-9(2)5-6-11(14)10(8-13)12-4-3-7-15-12/h3-4,7,9-11,14H,5-6,8,13H2,1-2H3. The summed E-state index contributed by atoms with van der Waals surface area (Å²) in [5.74, 6) is 0.755. The summed E-state index contributed by atoms with van der Waals surface area (Å²) in [6.07, 6.45) is 1.61. The number of nitrogens with two attached hydrogens (primary N) is 1. The summed E-state index contributed by atoms with van der Waals surface area (Å²) < 4.78 is 0. The van der Waals surface area contributed by atoms with Gasteiger partial charge in [-0.1, -0.05) is 19.9 Å². The molecule has 3 heteroatoms. The van der Waals surface area contributed by atoms with Crippen molar-refractivity contribution >= 4 is 11.3 Å². The van der Waals surface area contributed by atoms with Crippen LogP contribution in [0.2, 0.25) is 0 Å². The molecule has 2 nitrogen and oxygen atoms in total. The predicted octanol–water partition coefficient (Wildman–Crippen LogP) is 2.59. The molecule has 1 rings (SSSR count).